The average molecular weight is 347 g/mol. The first kappa shape index (κ1) is 17.4. The lowest BCUT2D eigenvalue weighted by molar-refractivity contribution is -0.245. The van der Waals surface area contributed by atoms with E-state index in [0.29, 0.717) is 16.6 Å². The van der Waals surface area contributed by atoms with Crippen molar-refractivity contribution in [2.24, 2.45) is 0 Å². The van der Waals surface area contributed by atoms with Crippen molar-refractivity contribution in [3.8, 4) is 12.3 Å². The molecule has 1 aliphatic rings. The fourth-order valence-electron chi connectivity index (χ4n) is 2.82. The van der Waals surface area contributed by atoms with E-state index in [1.807, 2.05) is 0 Å². The van der Waals surface area contributed by atoms with Crippen molar-refractivity contribution in [2.75, 3.05) is 11.9 Å². The average Bonchev–Trinajstić information content (AvgIpc) is 2.60. The van der Waals surface area contributed by atoms with Crippen molar-refractivity contribution in [2.45, 2.75) is 30.6 Å². The number of anilines is 1. The molecule has 1 aliphatic heterocycles. The zero-order chi connectivity index (χ0) is 18.1. The number of benzene rings is 1. The monoisotopic (exact) mass is 347 g/mol. The molecule has 0 aliphatic carbocycles. The Bertz CT molecular complexity index is 871. The van der Waals surface area contributed by atoms with Crippen molar-refractivity contribution >= 4 is 16.7 Å². The molecule has 3 rings (SSSR count). The quantitative estimate of drug-likeness (QED) is 0.352. The Labute approximate surface area is 142 Å². The van der Waals surface area contributed by atoms with Crippen molar-refractivity contribution in [1.82, 2.24) is 0 Å². The van der Waals surface area contributed by atoms with E-state index in [0.717, 1.165) is 0 Å². The molecule has 8 nitrogen and oxygen atoms in total. The number of nitrogens with one attached hydrogen (secondary N) is 1. The van der Waals surface area contributed by atoms with Crippen molar-refractivity contribution < 1.29 is 29.6 Å². The van der Waals surface area contributed by atoms with Crippen LogP contribution in [0.5, 0.6) is 0 Å². The predicted octanol–water partition coefficient (Wildman–Crippen LogP) is -1.01. The highest BCUT2D eigenvalue weighted by atomic mass is 16.6. The molecule has 3 unspecified atom stereocenters. The van der Waals surface area contributed by atoms with E-state index in [-0.39, 0.29) is 5.58 Å². The van der Waals surface area contributed by atoms with Gasteiger partial charge >= 0.3 is 5.63 Å². The van der Waals surface area contributed by atoms with Gasteiger partial charge in [0.15, 0.2) is 6.29 Å². The molecule has 5 atom stereocenters. The first-order chi connectivity index (χ1) is 11.9. The van der Waals surface area contributed by atoms with E-state index in [1.165, 1.54) is 12.1 Å². The first-order valence-corrected chi connectivity index (χ1v) is 7.56. The summed E-state index contributed by atoms with van der Waals surface area (Å²) < 4.78 is 10.2. The van der Waals surface area contributed by atoms with E-state index in [2.05, 4.69) is 11.2 Å². The first-order valence-electron chi connectivity index (χ1n) is 7.56. The van der Waals surface area contributed by atoms with Crippen LogP contribution in [0.4, 0.5) is 5.69 Å². The summed E-state index contributed by atoms with van der Waals surface area (Å²) in [6.45, 7) is -0.544. The molecule has 2 aromatic rings. The number of hydrogen-bond acceptors (Lipinski definition) is 8. The summed E-state index contributed by atoms with van der Waals surface area (Å²) >= 11 is 0. The van der Waals surface area contributed by atoms with Crippen LogP contribution in [-0.4, -0.2) is 57.7 Å². The van der Waals surface area contributed by atoms with Crippen molar-refractivity contribution in [3.63, 3.8) is 0 Å². The maximum absolute atomic E-state index is 11.5. The van der Waals surface area contributed by atoms with Gasteiger partial charge in [-0.25, -0.2) is 4.79 Å². The van der Waals surface area contributed by atoms with Crippen molar-refractivity contribution in [1.29, 1.82) is 0 Å². The molecule has 0 saturated carbocycles. The van der Waals surface area contributed by atoms with E-state index < -0.39 is 42.9 Å². The molecule has 1 saturated heterocycles. The number of fused-ring (bicyclic) bond motifs is 1. The Balaban J connectivity index is 1.90. The topological polar surface area (TPSA) is 132 Å². The fourth-order valence-corrected chi connectivity index (χ4v) is 2.82. The van der Waals surface area contributed by atoms with Gasteiger partial charge in [0.05, 0.1) is 6.61 Å². The van der Waals surface area contributed by atoms with Crippen molar-refractivity contribution in [3.05, 3.63) is 40.2 Å². The second-order valence-electron chi connectivity index (χ2n) is 5.73. The molecule has 0 amide bonds. The Morgan fingerprint density at radius 1 is 1.20 bits per heavy atom. The van der Waals surface area contributed by atoms with Gasteiger partial charge in [-0.05, 0) is 12.1 Å². The number of rotatable bonds is 3. The molecule has 0 bridgehead atoms. The smallest absolute Gasteiger partial charge is 0.337 e. The van der Waals surface area contributed by atoms with E-state index >= 15 is 0 Å². The van der Waals surface area contributed by atoms with Gasteiger partial charge < -0.3 is 34.9 Å². The lowest BCUT2D eigenvalue weighted by atomic mass is 9.96. The minimum Gasteiger partial charge on any atom is -0.423 e. The van der Waals surface area contributed by atoms with Gasteiger partial charge in [0.25, 0.3) is 0 Å². The standard InChI is InChI=1S/C17H17NO7/c1-2-8-5-13(20)24-11-6-9(3-4-10(8)11)18-14-16(22)15(21)12(7-19)25-17(14)23/h1,3-6,12,14-19,21-23H,7H2/t12?,14-,15+,16?,17?/m0/s1. The van der Waals surface area contributed by atoms with Crippen LogP contribution in [0.1, 0.15) is 5.56 Å². The fraction of sp³-hybridized carbons (Fsp3) is 0.353. The molecular weight excluding hydrogens is 330 g/mol. The lowest BCUT2D eigenvalue weighted by Gasteiger charge is -2.40. The highest BCUT2D eigenvalue weighted by molar-refractivity contribution is 5.85. The summed E-state index contributed by atoms with van der Waals surface area (Å²) in [5.41, 5.74) is 0.436. The third kappa shape index (κ3) is 3.24. The molecule has 5 N–H and O–H groups in total. The second-order valence-corrected chi connectivity index (χ2v) is 5.73. The van der Waals surface area contributed by atoms with Crippen LogP contribution in [0.3, 0.4) is 0 Å². The number of aliphatic hydroxyl groups excluding tert-OH is 4. The zero-order valence-electron chi connectivity index (χ0n) is 13.0. The van der Waals surface area contributed by atoms with Crippen LogP contribution in [0, 0.1) is 12.3 Å². The van der Waals surface area contributed by atoms with Gasteiger partial charge in [0, 0.05) is 28.8 Å². The summed E-state index contributed by atoms with van der Waals surface area (Å²) in [6.07, 6.45) is 0.0575. The predicted molar refractivity (Wildman–Crippen MR) is 87.8 cm³/mol. The van der Waals surface area contributed by atoms with Crippen LogP contribution in [0.25, 0.3) is 11.0 Å². The number of terminal acetylenes is 1. The Morgan fingerprint density at radius 3 is 2.64 bits per heavy atom. The van der Waals surface area contributed by atoms with Gasteiger partial charge in [-0.2, -0.15) is 0 Å². The SMILES string of the molecule is C#Cc1cc(=O)oc2cc(N[C@@H]3C(O)OC(CO)[C@@H](O)C3O)ccc12. The minimum atomic E-state index is -1.46. The molecule has 25 heavy (non-hydrogen) atoms. The summed E-state index contributed by atoms with van der Waals surface area (Å²) in [5, 5.41) is 42.5. The van der Waals surface area contributed by atoms with Crippen LogP contribution in [0.15, 0.2) is 33.5 Å². The summed E-state index contributed by atoms with van der Waals surface area (Å²) in [4.78, 5) is 11.5. The Morgan fingerprint density at radius 2 is 1.96 bits per heavy atom. The Kier molecular flexibility index (Phi) is 4.76. The number of hydrogen-bond donors (Lipinski definition) is 5. The molecule has 132 valence electrons. The number of ether oxygens (including phenoxy) is 1. The zero-order valence-corrected chi connectivity index (χ0v) is 13.0. The van der Waals surface area contributed by atoms with Gasteiger partial charge in [-0.3, -0.25) is 0 Å². The highest BCUT2D eigenvalue weighted by Crippen LogP contribution is 2.26. The second kappa shape index (κ2) is 6.84. The van der Waals surface area contributed by atoms with Crippen LogP contribution >= 0.6 is 0 Å². The van der Waals surface area contributed by atoms with Crippen LogP contribution < -0.4 is 10.9 Å². The summed E-state index contributed by atoms with van der Waals surface area (Å²) in [5.74, 6) is 2.41. The lowest BCUT2D eigenvalue weighted by Crippen LogP contribution is -2.61. The molecule has 0 spiro atoms. The molecule has 2 heterocycles. The molecule has 1 fully saturated rings. The third-order valence-corrected chi connectivity index (χ3v) is 4.13. The molecule has 1 aromatic heterocycles. The van der Waals surface area contributed by atoms with Gasteiger partial charge in [-0.15, -0.1) is 6.42 Å². The number of aliphatic hydroxyl groups is 4. The van der Waals surface area contributed by atoms with Crippen LogP contribution in [-0.2, 0) is 4.74 Å². The highest BCUT2D eigenvalue weighted by Gasteiger charge is 2.43. The van der Waals surface area contributed by atoms with E-state index in [4.69, 9.17) is 20.7 Å². The van der Waals surface area contributed by atoms with Gasteiger partial charge in [-0.1, -0.05) is 5.92 Å². The summed E-state index contributed by atoms with van der Waals surface area (Å²) in [7, 11) is 0. The normalized spacial score (nSPS) is 29.3. The largest absolute Gasteiger partial charge is 0.423 e. The Hall–Kier alpha value is -2.41. The third-order valence-electron chi connectivity index (χ3n) is 4.13. The van der Waals surface area contributed by atoms with Gasteiger partial charge in [0.1, 0.15) is 29.9 Å². The molecule has 1 aromatic carbocycles. The van der Waals surface area contributed by atoms with E-state index in [9.17, 15) is 20.1 Å². The minimum absolute atomic E-state index is 0.236. The summed E-state index contributed by atoms with van der Waals surface area (Å²) in [6, 6.07) is 4.89. The van der Waals surface area contributed by atoms with Crippen LogP contribution in [0.2, 0.25) is 0 Å². The van der Waals surface area contributed by atoms with Gasteiger partial charge in [0.2, 0.25) is 0 Å². The maximum atomic E-state index is 11.5. The molecule has 8 heteroatoms. The molecular formula is C17H17NO7. The molecule has 0 radical (unpaired) electrons. The van der Waals surface area contributed by atoms with E-state index in [1.54, 1.807) is 12.1 Å². The maximum Gasteiger partial charge on any atom is 0.337 e.